The smallest absolute Gasteiger partial charge is 0.338 e. The maximum absolute atomic E-state index is 13.0. The Morgan fingerprint density at radius 1 is 1.03 bits per heavy atom. The first-order valence-corrected chi connectivity index (χ1v) is 12.3. The van der Waals surface area contributed by atoms with Gasteiger partial charge in [-0.15, -0.1) is 0 Å². The van der Waals surface area contributed by atoms with Crippen LogP contribution in [0.2, 0.25) is 0 Å². The molecule has 3 rings (SSSR count). The van der Waals surface area contributed by atoms with Gasteiger partial charge >= 0.3 is 5.97 Å². The van der Waals surface area contributed by atoms with Gasteiger partial charge in [-0.1, -0.05) is 12.1 Å². The highest BCUT2D eigenvalue weighted by Crippen LogP contribution is 2.22. The van der Waals surface area contributed by atoms with Crippen LogP contribution >= 0.6 is 0 Å². The number of rotatable bonds is 7. The topological polar surface area (TPSA) is 119 Å². The minimum absolute atomic E-state index is 0.0528. The zero-order chi connectivity index (χ0) is 25.0. The van der Waals surface area contributed by atoms with E-state index in [-0.39, 0.29) is 41.5 Å². The Bertz CT molecular complexity index is 1170. The van der Waals surface area contributed by atoms with Crippen LogP contribution in [0, 0.1) is 0 Å². The van der Waals surface area contributed by atoms with Crippen LogP contribution in [0.5, 0.6) is 0 Å². The molecule has 0 radical (unpaired) electrons. The van der Waals surface area contributed by atoms with Crippen molar-refractivity contribution >= 4 is 33.4 Å². The number of carbonyl (C=O) groups excluding carboxylic acids is 3. The van der Waals surface area contributed by atoms with Gasteiger partial charge in [0.25, 0.3) is 5.91 Å². The highest BCUT2D eigenvalue weighted by atomic mass is 32.2. The van der Waals surface area contributed by atoms with Crippen molar-refractivity contribution < 1.29 is 32.3 Å². The summed E-state index contributed by atoms with van der Waals surface area (Å²) in [6.45, 7) is 6.91. The highest BCUT2D eigenvalue weighted by molar-refractivity contribution is 7.89. The number of carbonyl (C=O) groups is 3. The lowest BCUT2D eigenvalue weighted by Crippen LogP contribution is -2.48. The molecule has 1 saturated heterocycles. The number of amides is 1. The highest BCUT2D eigenvalue weighted by Gasteiger charge is 2.32. The largest absolute Gasteiger partial charge is 0.449 e. The Labute approximate surface area is 199 Å². The van der Waals surface area contributed by atoms with Crippen molar-refractivity contribution in [1.29, 1.82) is 0 Å². The Morgan fingerprint density at radius 3 is 2.21 bits per heavy atom. The summed E-state index contributed by atoms with van der Waals surface area (Å²) in [6, 6.07) is 11.9. The molecule has 34 heavy (non-hydrogen) atoms. The van der Waals surface area contributed by atoms with Crippen molar-refractivity contribution in [3.8, 4) is 0 Å². The molecule has 3 unspecified atom stereocenters. The predicted octanol–water partition coefficient (Wildman–Crippen LogP) is 2.87. The molecule has 2 aromatic carbocycles. The van der Waals surface area contributed by atoms with E-state index in [1.807, 2.05) is 13.8 Å². The lowest BCUT2D eigenvalue weighted by molar-refractivity contribution is -0.123. The molecule has 10 heteroatoms. The van der Waals surface area contributed by atoms with Gasteiger partial charge < -0.3 is 14.8 Å². The first-order valence-electron chi connectivity index (χ1n) is 10.9. The summed E-state index contributed by atoms with van der Waals surface area (Å²) in [5, 5.41) is 2.59. The van der Waals surface area contributed by atoms with E-state index in [0.717, 1.165) is 0 Å². The van der Waals surface area contributed by atoms with Gasteiger partial charge in [0.2, 0.25) is 10.0 Å². The maximum atomic E-state index is 13.0. The molecular formula is C24H28N2O7S. The van der Waals surface area contributed by atoms with Crippen LogP contribution in [0.15, 0.2) is 53.4 Å². The number of Topliss-reactive ketones (excluding diaryl/α,β-unsaturated/α-hetero) is 1. The second-order valence-electron chi connectivity index (χ2n) is 8.24. The Hall–Kier alpha value is -3.08. The average Bonchev–Trinajstić information content (AvgIpc) is 2.78. The van der Waals surface area contributed by atoms with Crippen molar-refractivity contribution in [3.63, 3.8) is 0 Å². The lowest BCUT2D eigenvalue weighted by Gasteiger charge is -2.34. The molecule has 0 spiro atoms. The van der Waals surface area contributed by atoms with Gasteiger partial charge in [0.15, 0.2) is 11.9 Å². The van der Waals surface area contributed by atoms with E-state index in [1.54, 1.807) is 24.3 Å². The summed E-state index contributed by atoms with van der Waals surface area (Å²) in [6.07, 6.45) is -1.59. The minimum Gasteiger partial charge on any atom is -0.449 e. The van der Waals surface area contributed by atoms with Gasteiger partial charge in [-0.05, 0) is 64.1 Å². The average molecular weight is 489 g/mol. The fraction of sp³-hybridized carbons (Fsp3) is 0.375. The zero-order valence-corrected chi connectivity index (χ0v) is 20.3. The molecule has 2 aromatic rings. The second kappa shape index (κ2) is 10.5. The van der Waals surface area contributed by atoms with Crippen molar-refractivity contribution in [2.75, 3.05) is 18.4 Å². The van der Waals surface area contributed by atoms with Crippen LogP contribution in [0.3, 0.4) is 0 Å². The molecule has 0 bridgehead atoms. The standard InChI is InChI=1S/C24H28N2O7S/c1-15-13-26(14-16(2)32-15)34(30,31)20-11-9-19(10-12-20)24(29)33-18(4)23(28)25-22-8-6-5-7-21(22)17(3)27/h5-12,15-16,18H,13-14H2,1-4H3,(H,25,28). The minimum atomic E-state index is -3.74. The first-order chi connectivity index (χ1) is 16.0. The summed E-state index contributed by atoms with van der Waals surface area (Å²) < 4.78 is 38.1. The number of sulfonamides is 1. The molecule has 1 aliphatic heterocycles. The number of anilines is 1. The van der Waals surface area contributed by atoms with Gasteiger partial charge in [-0.2, -0.15) is 4.31 Å². The summed E-state index contributed by atoms with van der Waals surface area (Å²) in [5.41, 5.74) is 0.769. The molecule has 1 fully saturated rings. The summed E-state index contributed by atoms with van der Waals surface area (Å²) in [4.78, 5) is 36.8. The molecule has 3 atom stereocenters. The molecule has 9 nitrogen and oxygen atoms in total. The molecule has 0 saturated carbocycles. The van der Waals surface area contributed by atoms with Crippen molar-refractivity contribution in [2.24, 2.45) is 0 Å². The molecule has 1 amide bonds. The Morgan fingerprint density at radius 2 is 1.62 bits per heavy atom. The summed E-state index contributed by atoms with van der Waals surface area (Å²) in [7, 11) is -3.74. The van der Waals surface area contributed by atoms with Crippen LogP contribution in [0.25, 0.3) is 0 Å². The maximum Gasteiger partial charge on any atom is 0.338 e. The molecule has 0 aromatic heterocycles. The number of esters is 1. The predicted molar refractivity (Wildman–Crippen MR) is 125 cm³/mol. The number of morpholine rings is 1. The van der Waals surface area contributed by atoms with E-state index in [2.05, 4.69) is 5.32 Å². The molecule has 1 N–H and O–H groups in total. The SMILES string of the molecule is CC(=O)c1ccccc1NC(=O)C(C)OC(=O)c1ccc(S(=O)(=O)N2CC(C)OC(C)C2)cc1. The Kier molecular flexibility index (Phi) is 7.86. The number of para-hydroxylation sites is 1. The number of nitrogens with zero attached hydrogens (tertiary/aromatic N) is 1. The van der Waals surface area contributed by atoms with Crippen LogP contribution in [0.1, 0.15) is 48.4 Å². The number of hydrogen-bond donors (Lipinski definition) is 1. The molecular weight excluding hydrogens is 460 g/mol. The third-order valence-electron chi connectivity index (χ3n) is 5.33. The fourth-order valence-corrected chi connectivity index (χ4v) is 5.25. The van der Waals surface area contributed by atoms with Crippen LogP contribution < -0.4 is 5.32 Å². The lowest BCUT2D eigenvalue weighted by atomic mass is 10.1. The fourth-order valence-electron chi connectivity index (χ4n) is 3.65. The molecule has 1 aliphatic rings. The second-order valence-corrected chi connectivity index (χ2v) is 10.2. The first kappa shape index (κ1) is 25.5. The van der Waals surface area contributed by atoms with E-state index in [4.69, 9.17) is 9.47 Å². The van der Waals surface area contributed by atoms with E-state index in [9.17, 15) is 22.8 Å². The van der Waals surface area contributed by atoms with Gasteiger partial charge in [0, 0.05) is 18.7 Å². The number of hydrogen-bond acceptors (Lipinski definition) is 7. The van der Waals surface area contributed by atoms with E-state index in [0.29, 0.717) is 11.3 Å². The van der Waals surface area contributed by atoms with Gasteiger partial charge in [0.05, 0.1) is 28.4 Å². The summed E-state index contributed by atoms with van der Waals surface area (Å²) >= 11 is 0. The quantitative estimate of drug-likeness (QED) is 0.470. The van der Waals surface area contributed by atoms with E-state index < -0.39 is 28.0 Å². The summed E-state index contributed by atoms with van der Waals surface area (Å²) in [5.74, 6) is -1.59. The number of benzene rings is 2. The molecule has 182 valence electrons. The Balaban J connectivity index is 1.65. The molecule has 0 aliphatic carbocycles. The number of ketones is 1. The molecule has 1 heterocycles. The van der Waals surface area contributed by atoms with Gasteiger partial charge in [-0.25, -0.2) is 13.2 Å². The van der Waals surface area contributed by atoms with Crippen LogP contribution in [-0.2, 0) is 24.3 Å². The van der Waals surface area contributed by atoms with Crippen LogP contribution in [0.4, 0.5) is 5.69 Å². The normalized spacial score (nSPS) is 19.8. The monoisotopic (exact) mass is 488 g/mol. The van der Waals surface area contributed by atoms with Crippen molar-refractivity contribution in [1.82, 2.24) is 4.31 Å². The van der Waals surface area contributed by atoms with E-state index in [1.165, 1.54) is 42.4 Å². The number of nitrogens with one attached hydrogen (secondary N) is 1. The zero-order valence-electron chi connectivity index (χ0n) is 19.5. The van der Waals surface area contributed by atoms with Crippen molar-refractivity contribution in [3.05, 3.63) is 59.7 Å². The van der Waals surface area contributed by atoms with Gasteiger partial charge in [0.1, 0.15) is 0 Å². The third kappa shape index (κ3) is 5.88. The van der Waals surface area contributed by atoms with Gasteiger partial charge in [-0.3, -0.25) is 9.59 Å². The van der Waals surface area contributed by atoms with E-state index >= 15 is 0 Å². The van der Waals surface area contributed by atoms with Crippen molar-refractivity contribution in [2.45, 2.75) is 50.9 Å². The number of ether oxygens (including phenoxy) is 2. The third-order valence-corrected chi connectivity index (χ3v) is 7.18. The van der Waals surface area contributed by atoms with Crippen LogP contribution in [-0.4, -0.2) is 61.8 Å².